The van der Waals surface area contributed by atoms with Gasteiger partial charge in [0.05, 0.1) is 10.6 Å². The number of aromatic nitrogens is 3. The van der Waals surface area contributed by atoms with Crippen LogP contribution < -0.4 is 10.2 Å². The summed E-state index contributed by atoms with van der Waals surface area (Å²) in [5, 5.41) is 19.6. The second-order valence-corrected chi connectivity index (χ2v) is 17.3. The molecule has 0 fully saturated rings. The normalized spacial score (nSPS) is 12.8. The Hall–Kier alpha value is -5.44. The average Bonchev–Trinajstić information content (AvgIpc) is 3.09. The van der Waals surface area contributed by atoms with Crippen LogP contribution in [0.2, 0.25) is 5.28 Å². The highest BCUT2D eigenvalue weighted by atomic mass is 35.5. The van der Waals surface area contributed by atoms with Crippen molar-refractivity contribution in [1.29, 1.82) is 0 Å². The van der Waals surface area contributed by atoms with Crippen LogP contribution in [0, 0.1) is 0 Å². The van der Waals surface area contributed by atoms with E-state index in [0.29, 0.717) is 18.3 Å². The number of halogens is 1. The van der Waals surface area contributed by atoms with Crippen LogP contribution in [0.5, 0.6) is 5.75 Å². The molecule has 25 heteroatoms. The van der Waals surface area contributed by atoms with Crippen molar-refractivity contribution in [2.45, 2.75) is 26.5 Å². The van der Waals surface area contributed by atoms with Crippen molar-refractivity contribution >= 4 is 108 Å². The lowest BCUT2D eigenvalue weighted by molar-refractivity contribution is 0.472. The fourth-order valence-corrected chi connectivity index (χ4v) is 8.54. The number of benzene rings is 5. The first-order valence-electron chi connectivity index (χ1n) is 15.3. The van der Waals surface area contributed by atoms with E-state index in [1.165, 1.54) is 0 Å². The van der Waals surface area contributed by atoms with Gasteiger partial charge in [-0.1, -0.05) is 36.4 Å². The van der Waals surface area contributed by atoms with Gasteiger partial charge in [0.25, 0.3) is 40.5 Å². The average molecular weight is 866 g/mol. The van der Waals surface area contributed by atoms with Crippen molar-refractivity contribution in [1.82, 2.24) is 15.0 Å². The van der Waals surface area contributed by atoms with E-state index in [4.69, 9.17) is 11.6 Å². The van der Waals surface area contributed by atoms with Crippen LogP contribution in [0.15, 0.2) is 109 Å². The third kappa shape index (κ3) is 8.08. The first-order valence-corrected chi connectivity index (χ1v) is 21.4. The third-order valence-electron chi connectivity index (χ3n) is 7.91. The Balaban J connectivity index is 1.59. The lowest BCUT2D eigenvalue weighted by atomic mass is 10.1. The van der Waals surface area contributed by atoms with E-state index in [1.807, 2.05) is 0 Å². The zero-order chi connectivity index (χ0) is 41.0. The molecular formula is C31H24ClN7O13S4. The van der Waals surface area contributed by atoms with Crippen molar-refractivity contribution < 1.29 is 57.0 Å². The Labute approximate surface area is 322 Å². The van der Waals surface area contributed by atoms with Gasteiger partial charge in [0.15, 0.2) is 5.75 Å². The molecule has 6 N–H and O–H groups in total. The van der Waals surface area contributed by atoms with E-state index in [1.54, 1.807) is 42.2 Å². The molecule has 0 unspecified atom stereocenters. The molecule has 1 heterocycles. The Morgan fingerprint density at radius 3 is 2.00 bits per heavy atom. The van der Waals surface area contributed by atoms with Crippen molar-refractivity contribution in [3.8, 4) is 5.75 Å². The molecule has 0 spiro atoms. The topological polar surface area (TPSA) is 316 Å². The molecule has 0 bridgehead atoms. The largest absolute Gasteiger partial charge is 0.505 e. The second kappa shape index (κ2) is 14.6. The molecule has 0 radical (unpaired) electrons. The standard InChI is InChI=1S/C31H24ClN7O13S4/c1-2-39(17-7-4-3-5-8-17)31-35-29(32)34-30(36-31)33-22-15-18(53(41,42)43)13-16-14-24(55(47,48)49)26(27(40)25(16)22)38-37-21-12-11-19-20(28(21)56(50,51)52)9-6-10-23(19)54(44,45)46/h3-15,40H,2H2,1H3,(H,41,42,43)(H,44,45,46)(H,47,48,49)(H,50,51,52)(H,33,34,35,36). The number of anilines is 4. The van der Waals surface area contributed by atoms with Crippen molar-refractivity contribution in [2.24, 2.45) is 10.2 Å². The Kier molecular flexibility index (Phi) is 10.5. The van der Waals surface area contributed by atoms with Gasteiger partial charge >= 0.3 is 0 Å². The van der Waals surface area contributed by atoms with Crippen molar-refractivity contribution in [3.63, 3.8) is 0 Å². The molecule has 0 aliphatic heterocycles. The number of rotatable bonds is 11. The van der Waals surface area contributed by atoms with Gasteiger partial charge in [0.2, 0.25) is 17.2 Å². The summed E-state index contributed by atoms with van der Waals surface area (Å²) in [7, 11) is -20.6. The van der Waals surface area contributed by atoms with Gasteiger partial charge in [-0.3, -0.25) is 18.2 Å². The van der Waals surface area contributed by atoms with Gasteiger partial charge in [-0.05, 0) is 66.4 Å². The number of para-hydroxylation sites is 1. The van der Waals surface area contributed by atoms with Crippen LogP contribution in [0.3, 0.4) is 0 Å². The summed E-state index contributed by atoms with van der Waals surface area (Å²) < 4.78 is 139. The molecule has 5 aromatic carbocycles. The van der Waals surface area contributed by atoms with Crippen LogP contribution in [0.1, 0.15) is 6.92 Å². The lowest BCUT2D eigenvalue weighted by Gasteiger charge is -2.21. The zero-order valence-corrected chi connectivity index (χ0v) is 31.9. The quantitative estimate of drug-likeness (QED) is 0.0658. The lowest BCUT2D eigenvalue weighted by Crippen LogP contribution is -2.19. The molecule has 0 saturated heterocycles. The second-order valence-electron chi connectivity index (χ2n) is 11.4. The molecule has 0 aliphatic carbocycles. The van der Waals surface area contributed by atoms with E-state index < -0.39 is 99.0 Å². The first-order chi connectivity index (χ1) is 26.1. The van der Waals surface area contributed by atoms with Crippen molar-refractivity contribution in [2.75, 3.05) is 16.8 Å². The number of hydrogen-bond donors (Lipinski definition) is 6. The molecule has 0 amide bonds. The highest BCUT2D eigenvalue weighted by molar-refractivity contribution is 7.87. The van der Waals surface area contributed by atoms with Gasteiger partial charge in [0, 0.05) is 28.4 Å². The summed E-state index contributed by atoms with van der Waals surface area (Å²) in [6.45, 7) is 2.12. The predicted molar refractivity (Wildman–Crippen MR) is 200 cm³/mol. The number of azo groups is 1. The van der Waals surface area contributed by atoms with Gasteiger partial charge in [-0.2, -0.15) is 48.6 Å². The van der Waals surface area contributed by atoms with E-state index in [9.17, 15) is 57.0 Å². The molecule has 0 atom stereocenters. The summed E-state index contributed by atoms with van der Waals surface area (Å²) in [5.41, 5.74) is -1.55. The zero-order valence-electron chi connectivity index (χ0n) is 27.9. The molecule has 0 saturated carbocycles. The van der Waals surface area contributed by atoms with E-state index in [0.717, 1.165) is 42.5 Å². The number of nitrogens with one attached hydrogen (secondary N) is 1. The van der Waals surface area contributed by atoms with Crippen LogP contribution in [0.4, 0.5) is 34.6 Å². The fraction of sp³-hybridized carbons (Fsp3) is 0.0645. The van der Waals surface area contributed by atoms with Gasteiger partial charge in [-0.15, -0.1) is 10.2 Å². The minimum Gasteiger partial charge on any atom is -0.505 e. The summed E-state index contributed by atoms with van der Waals surface area (Å²) in [5.74, 6) is -1.45. The maximum Gasteiger partial charge on any atom is 0.297 e. The van der Waals surface area contributed by atoms with Crippen molar-refractivity contribution in [3.05, 3.63) is 84.1 Å². The monoisotopic (exact) mass is 865 g/mol. The predicted octanol–water partition coefficient (Wildman–Crippen LogP) is 5.84. The molecule has 20 nitrogen and oxygen atoms in total. The Morgan fingerprint density at radius 2 is 1.39 bits per heavy atom. The fourth-order valence-electron chi connectivity index (χ4n) is 5.65. The Bertz CT molecular complexity index is 3080. The van der Waals surface area contributed by atoms with Gasteiger partial charge < -0.3 is 15.3 Å². The number of aromatic hydroxyl groups is 1. The summed E-state index contributed by atoms with van der Waals surface area (Å²) in [6.07, 6.45) is 0. The Morgan fingerprint density at radius 1 is 0.714 bits per heavy atom. The van der Waals surface area contributed by atoms with Crippen LogP contribution in [-0.4, -0.2) is 78.5 Å². The SMILES string of the molecule is CCN(c1ccccc1)c1nc(Cl)nc(Nc2cc(S(=O)(=O)O)cc3cc(S(=O)(=O)O)c(N=Nc4ccc5c(S(=O)(=O)O)cccc5c4S(=O)(=O)O)c(O)c23)n1. The number of phenols is 1. The summed E-state index contributed by atoms with van der Waals surface area (Å²) in [6, 6.07) is 15.9. The van der Waals surface area contributed by atoms with Crippen LogP contribution in [0.25, 0.3) is 21.5 Å². The minimum absolute atomic E-state index is 0.0116. The first kappa shape index (κ1) is 40.2. The highest BCUT2D eigenvalue weighted by Gasteiger charge is 2.28. The van der Waals surface area contributed by atoms with Crippen LogP contribution in [-0.2, 0) is 40.5 Å². The molecule has 0 aliphatic rings. The molecule has 56 heavy (non-hydrogen) atoms. The van der Waals surface area contributed by atoms with E-state index in [-0.39, 0.29) is 22.6 Å². The summed E-state index contributed by atoms with van der Waals surface area (Å²) >= 11 is 6.23. The number of fused-ring (bicyclic) bond motifs is 2. The number of nitrogens with zero attached hydrogens (tertiary/aromatic N) is 6. The molecule has 1 aromatic heterocycles. The number of hydrogen-bond acceptors (Lipinski definition) is 16. The van der Waals surface area contributed by atoms with E-state index >= 15 is 0 Å². The van der Waals surface area contributed by atoms with Gasteiger partial charge in [0.1, 0.15) is 26.1 Å². The number of phenolic OH excluding ortho intramolecular Hbond substituents is 1. The molecular weight excluding hydrogens is 842 g/mol. The highest BCUT2D eigenvalue weighted by Crippen LogP contribution is 2.46. The van der Waals surface area contributed by atoms with Crippen LogP contribution >= 0.6 is 11.6 Å². The molecule has 6 aromatic rings. The third-order valence-corrected chi connectivity index (χ3v) is 11.6. The van der Waals surface area contributed by atoms with Gasteiger partial charge in [-0.25, -0.2) is 0 Å². The molecule has 292 valence electrons. The summed E-state index contributed by atoms with van der Waals surface area (Å²) in [4.78, 5) is 10.3. The minimum atomic E-state index is -5.38. The van der Waals surface area contributed by atoms with E-state index in [2.05, 4.69) is 30.5 Å². The maximum atomic E-state index is 12.6. The molecule has 6 rings (SSSR count). The maximum absolute atomic E-state index is 12.6. The smallest absolute Gasteiger partial charge is 0.297 e.